The average molecular weight is 435 g/mol. The molecule has 2 aromatic carbocycles. The van der Waals surface area contributed by atoms with Gasteiger partial charge in [0.1, 0.15) is 11.3 Å². The van der Waals surface area contributed by atoms with Gasteiger partial charge in [-0.05, 0) is 61.1 Å². The second-order valence-electron chi connectivity index (χ2n) is 8.08. The fraction of sp³-hybridized carbons (Fsp3) is 0.524. The van der Waals surface area contributed by atoms with Gasteiger partial charge in [0.25, 0.3) is 0 Å². The standard InChI is InChI=1S/C21H23F6NO2/c1-19(28,11-29)14-5-8-16-12(10-14)2-9-17(18(16)21(25,26)27)30-15-6-3-13(4-7-15)20(22,23)24/h2,5,8-10,13,15,29H,3-4,6-7,11,28H2,1H3. The van der Waals surface area contributed by atoms with E-state index in [4.69, 9.17) is 10.5 Å². The summed E-state index contributed by atoms with van der Waals surface area (Å²) >= 11 is 0. The number of alkyl halides is 6. The average Bonchev–Trinajstić information content (AvgIpc) is 2.66. The van der Waals surface area contributed by atoms with Crippen LogP contribution in [0.25, 0.3) is 10.8 Å². The van der Waals surface area contributed by atoms with Gasteiger partial charge in [0.2, 0.25) is 0 Å². The van der Waals surface area contributed by atoms with E-state index in [1.807, 2.05) is 0 Å². The van der Waals surface area contributed by atoms with Crippen LogP contribution in [0.4, 0.5) is 26.3 Å². The molecule has 3 nitrogen and oxygen atoms in total. The van der Waals surface area contributed by atoms with Crippen LogP contribution in [0, 0.1) is 5.92 Å². The summed E-state index contributed by atoms with van der Waals surface area (Å²) in [4.78, 5) is 0. The summed E-state index contributed by atoms with van der Waals surface area (Å²) in [5.74, 6) is -1.83. The Morgan fingerprint density at radius 1 is 1.00 bits per heavy atom. The Morgan fingerprint density at radius 3 is 2.17 bits per heavy atom. The van der Waals surface area contributed by atoms with Crippen molar-refractivity contribution in [1.29, 1.82) is 0 Å². The molecule has 1 aliphatic carbocycles. The van der Waals surface area contributed by atoms with E-state index in [-0.39, 0.29) is 43.1 Å². The lowest BCUT2D eigenvalue weighted by molar-refractivity contribution is -0.185. The minimum Gasteiger partial charge on any atom is -0.490 e. The van der Waals surface area contributed by atoms with Gasteiger partial charge in [-0.25, -0.2) is 0 Å². The topological polar surface area (TPSA) is 55.5 Å². The fourth-order valence-corrected chi connectivity index (χ4v) is 3.83. The molecule has 0 saturated heterocycles. The van der Waals surface area contributed by atoms with E-state index >= 15 is 0 Å². The maximum atomic E-state index is 13.9. The molecule has 3 N–H and O–H groups in total. The molecule has 1 saturated carbocycles. The molecule has 0 aliphatic heterocycles. The van der Waals surface area contributed by atoms with Crippen molar-refractivity contribution < 1.29 is 36.2 Å². The highest BCUT2D eigenvalue weighted by atomic mass is 19.4. The van der Waals surface area contributed by atoms with Gasteiger partial charge >= 0.3 is 12.4 Å². The molecule has 2 aromatic rings. The summed E-state index contributed by atoms with van der Waals surface area (Å²) in [7, 11) is 0. The molecule has 0 spiro atoms. The van der Waals surface area contributed by atoms with E-state index in [0.717, 1.165) is 0 Å². The van der Waals surface area contributed by atoms with Crippen LogP contribution >= 0.6 is 0 Å². The number of fused-ring (bicyclic) bond motifs is 1. The molecule has 1 atom stereocenters. The molecular formula is C21H23F6NO2. The van der Waals surface area contributed by atoms with Crippen molar-refractivity contribution in [2.75, 3.05) is 6.61 Å². The second kappa shape index (κ2) is 7.92. The summed E-state index contributed by atoms with van der Waals surface area (Å²) in [6.07, 6.45) is -9.97. The van der Waals surface area contributed by atoms with Crippen molar-refractivity contribution in [3.8, 4) is 5.75 Å². The van der Waals surface area contributed by atoms with Crippen LogP contribution < -0.4 is 10.5 Å². The van der Waals surface area contributed by atoms with Crippen LogP contribution in [0.15, 0.2) is 30.3 Å². The Labute approximate surface area is 169 Å². The summed E-state index contributed by atoms with van der Waals surface area (Å²) in [5, 5.41) is 9.58. The molecule has 1 unspecified atom stereocenters. The predicted octanol–water partition coefficient (Wildman–Crippen LogP) is 5.52. The van der Waals surface area contributed by atoms with Crippen LogP contribution in [0.5, 0.6) is 5.75 Å². The second-order valence-corrected chi connectivity index (χ2v) is 8.08. The number of nitrogens with two attached hydrogens (primary N) is 1. The van der Waals surface area contributed by atoms with Gasteiger partial charge in [-0.2, -0.15) is 26.3 Å². The molecule has 166 valence electrons. The Morgan fingerprint density at radius 2 is 1.63 bits per heavy atom. The van der Waals surface area contributed by atoms with Gasteiger partial charge in [0.15, 0.2) is 0 Å². The molecule has 0 bridgehead atoms. The minimum atomic E-state index is -4.72. The van der Waals surface area contributed by atoms with Crippen LogP contribution in [0.1, 0.15) is 43.7 Å². The number of benzene rings is 2. The molecular weight excluding hydrogens is 412 g/mol. The van der Waals surface area contributed by atoms with Crippen LogP contribution in [0.2, 0.25) is 0 Å². The Bertz CT molecular complexity index is 899. The largest absolute Gasteiger partial charge is 0.490 e. The number of ether oxygens (including phenoxy) is 1. The van der Waals surface area contributed by atoms with E-state index in [2.05, 4.69) is 0 Å². The van der Waals surface area contributed by atoms with Gasteiger partial charge in [-0.15, -0.1) is 0 Å². The molecule has 0 radical (unpaired) electrons. The number of aliphatic hydroxyl groups is 1. The van der Waals surface area contributed by atoms with Crippen molar-refractivity contribution in [2.45, 2.75) is 56.6 Å². The van der Waals surface area contributed by atoms with Gasteiger partial charge in [-0.1, -0.05) is 18.2 Å². The Hall–Kier alpha value is -2.00. The molecule has 0 heterocycles. The third-order valence-electron chi connectivity index (χ3n) is 5.68. The van der Waals surface area contributed by atoms with Gasteiger partial charge < -0.3 is 15.6 Å². The van der Waals surface area contributed by atoms with E-state index in [9.17, 15) is 31.4 Å². The predicted molar refractivity (Wildman–Crippen MR) is 100 cm³/mol. The van der Waals surface area contributed by atoms with Gasteiger partial charge in [-0.3, -0.25) is 0 Å². The quantitative estimate of drug-likeness (QED) is 0.622. The van der Waals surface area contributed by atoms with Crippen molar-refractivity contribution in [2.24, 2.45) is 11.7 Å². The zero-order chi connectivity index (χ0) is 22.3. The monoisotopic (exact) mass is 435 g/mol. The normalized spacial score (nSPS) is 22.7. The van der Waals surface area contributed by atoms with Crippen molar-refractivity contribution in [1.82, 2.24) is 0 Å². The summed E-state index contributed by atoms with van der Waals surface area (Å²) in [6, 6.07) is 6.84. The molecule has 1 aliphatic rings. The maximum absolute atomic E-state index is 13.9. The first-order chi connectivity index (χ1) is 13.8. The summed E-state index contributed by atoms with van der Waals surface area (Å²) in [5.41, 5.74) is 4.37. The number of hydrogen-bond acceptors (Lipinski definition) is 3. The van der Waals surface area contributed by atoms with Crippen LogP contribution in [-0.2, 0) is 11.7 Å². The van der Waals surface area contributed by atoms with E-state index in [1.54, 1.807) is 6.92 Å². The molecule has 30 heavy (non-hydrogen) atoms. The van der Waals surface area contributed by atoms with Crippen molar-refractivity contribution >= 4 is 10.8 Å². The number of hydrogen-bond donors (Lipinski definition) is 2. The van der Waals surface area contributed by atoms with E-state index < -0.39 is 41.2 Å². The lowest BCUT2D eigenvalue weighted by Gasteiger charge is -2.31. The lowest BCUT2D eigenvalue weighted by atomic mass is 9.87. The molecule has 9 heteroatoms. The molecule has 0 amide bonds. The minimum absolute atomic E-state index is 0.0421. The Balaban J connectivity index is 1.93. The first-order valence-corrected chi connectivity index (χ1v) is 9.60. The van der Waals surface area contributed by atoms with E-state index in [0.29, 0.717) is 5.56 Å². The molecule has 1 fully saturated rings. The van der Waals surface area contributed by atoms with Crippen molar-refractivity contribution in [3.63, 3.8) is 0 Å². The lowest BCUT2D eigenvalue weighted by Crippen LogP contribution is -2.36. The highest BCUT2D eigenvalue weighted by Crippen LogP contribution is 2.44. The smallest absolute Gasteiger partial charge is 0.420 e. The first-order valence-electron chi connectivity index (χ1n) is 9.60. The van der Waals surface area contributed by atoms with Crippen LogP contribution in [0.3, 0.4) is 0 Å². The third kappa shape index (κ3) is 4.67. The SMILES string of the molecule is CC(N)(CO)c1ccc2c(C(F)(F)F)c(OC3CCC(C(F)(F)F)CC3)ccc2c1. The Kier molecular flexibility index (Phi) is 5.99. The number of halogens is 6. The molecule has 3 rings (SSSR count). The number of aliphatic hydroxyl groups excluding tert-OH is 1. The highest BCUT2D eigenvalue weighted by molar-refractivity contribution is 5.89. The summed E-state index contributed by atoms with van der Waals surface area (Å²) < 4.78 is 85.6. The van der Waals surface area contributed by atoms with Gasteiger partial charge in [0.05, 0.1) is 24.2 Å². The maximum Gasteiger partial charge on any atom is 0.420 e. The summed E-state index contributed by atoms with van der Waals surface area (Å²) in [6.45, 7) is 1.18. The zero-order valence-corrected chi connectivity index (χ0v) is 16.3. The third-order valence-corrected chi connectivity index (χ3v) is 5.68. The fourth-order valence-electron chi connectivity index (χ4n) is 3.83. The first kappa shape index (κ1) is 22.7. The highest BCUT2D eigenvalue weighted by Gasteiger charge is 2.42. The van der Waals surface area contributed by atoms with E-state index in [1.165, 1.54) is 30.3 Å². The molecule has 0 aromatic heterocycles. The van der Waals surface area contributed by atoms with Gasteiger partial charge in [0, 0.05) is 0 Å². The zero-order valence-electron chi connectivity index (χ0n) is 16.3. The van der Waals surface area contributed by atoms with Crippen LogP contribution in [-0.4, -0.2) is 24.0 Å². The van der Waals surface area contributed by atoms with Crippen molar-refractivity contribution in [3.05, 3.63) is 41.5 Å². The number of rotatable bonds is 4.